The van der Waals surface area contributed by atoms with Crippen LogP contribution in [-0.2, 0) is 6.54 Å². The van der Waals surface area contributed by atoms with E-state index >= 15 is 0 Å². The predicted molar refractivity (Wildman–Crippen MR) is 86.0 cm³/mol. The van der Waals surface area contributed by atoms with Gasteiger partial charge in [0.1, 0.15) is 10.8 Å². The molecule has 2 aliphatic heterocycles. The third-order valence-corrected chi connectivity index (χ3v) is 5.61. The van der Waals surface area contributed by atoms with Gasteiger partial charge in [-0.2, -0.15) is 0 Å². The van der Waals surface area contributed by atoms with Crippen LogP contribution in [0.2, 0.25) is 0 Å². The van der Waals surface area contributed by atoms with Crippen molar-refractivity contribution in [3.63, 3.8) is 0 Å². The smallest absolute Gasteiger partial charge is 0.120 e. The summed E-state index contributed by atoms with van der Waals surface area (Å²) in [6.07, 6.45) is 3.97. The molecule has 1 N–H and O–H groups in total. The number of likely N-dealkylation sites (tertiary alicyclic amines) is 1. The number of thiazole rings is 1. The van der Waals surface area contributed by atoms with Crippen molar-refractivity contribution in [1.29, 1.82) is 0 Å². The average molecular weight is 303 g/mol. The Kier molecular flexibility index (Phi) is 3.57. The number of ether oxygens (including phenoxy) is 1. The third-order valence-electron chi connectivity index (χ3n) is 4.61. The van der Waals surface area contributed by atoms with Gasteiger partial charge in [-0.1, -0.05) is 0 Å². The fourth-order valence-electron chi connectivity index (χ4n) is 3.50. The van der Waals surface area contributed by atoms with Crippen molar-refractivity contribution in [2.45, 2.75) is 37.9 Å². The molecule has 0 amide bonds. The molecule has 21 heavy (non-hydrogen) atoms. The summed E-state index contributed by atoms with van der Waals surface area (Å²) in [5.74, 6) is 0.911. The summed E-state index contributed by atoms with van der Waals surface area (Å²) < 4.78 is 6.51. The Morgan fingerprint density at radius 1 is 1.33 bits per heavy atom. The number of nitrogens with zero attached hydrogens (tertiary/aromatic N) is 2. The molecule has 112 valence electrons. The van der Waals surface area contributed by atoms with Crippen LogP contribution < -0.4 is 10.1 Å². The van der Waals surface area contributed by atoms with Gasteiger partial charge in [-0.15, -0.1) is 11.3 Å². The van der Waals surface area contributed by atoms with Crippen LogP contribution in [0.1, 0.15) is 24.3 Å². The van der Waals surface area contributed by atoms with Crippen LogP contribution >= 0.6 is 11.3 Å². The summed E-state index contributed by atoms with van der Waals surface area (Å²) in [6, 6.07) is 7.56. The SMILES string of the molecule is COc1ccc2nc(CN3CCC4CCC(C3)N4)sc2c1. The normalized spacial score (nSPS) is 26.1. The van der Waals surface area contributed by atoms with Crippen molar-refractivity contribution in [3.05, 3.63) is 23.2 Å². The van der Waals surface area contributed by atoms with E-state index in [1.165, 1.54) is 35.5 Å². The van der Waals surface area contributed by atoms with Crippen molar-refractivity contribution >= 4 is 21.6 Å². The lowest BCUT2D eigenvalue weighted by molar-refractivity contribution is 0.251. The molecule has 5 heteroatoms. The largest absolute Gasteiger partial charge is 0.497 e. The second kappa shape index (κ2) is 5.55. The number of nitrogens with one attached hydrogen (secondary N) is 1. The van der Waals surface area contributed by atoms with Gasteiger partial charge in [0, 0.05) is 25.2 Å². The Hall–Kier alpha value is -1.17. The van der Waals surface area contributed by atoms with Crippen LogP contribution in [0, 0.1) is 0 Å². The number of fused-ring (bicyclic) bond motifs is 3. The van der Waals surface area contributed by atoms with Crippen molar-refractivity contribution < 1.29 is 4.74 Å². The highest BCUT2D eigenvalue weighted by molar-refractivity contribution is 7.18. The molecule has 2 atom stereocenters. The lowest BCUT2D eigenvalue weighted by Crippen LogP contribution is -2.34. The minimum absolute atomic E-state index is 0.687. The van der Waals surface area contributed by atoms with E-state index in [0.717, 1.165) is 30.4 Å². The van der Waals surface area contributed by atoms with Gasteiger partial charge in [0.25, 0.3) is 0 Å². The minimum Gasteiger partial charge on any atom is -0.497 e. The monoisotopic (exact) mass is 303 g/mol. The van der Waals surface area contributed by atoms with Crippen LogP contribution in [0.25, 0.3) is 10.2 Å². The third kappa shape index (κ3) is 2.78. The molecule has 0 aliphatic carbocycles. The zero-order chi connectivity index (χ0) is 14.2. The van der Waals surface area contributed by atoms with Crippen molar-refractivity contribution in [2.75, 3.05) is 20.2 Å². The van der Waals surface area contributed by atoms with Crippen LogP contribution in [-0.4, -0.2) is 42.2 Å². The van der Waals surface area contributed by atoms with Crippen molar-refractivity contribution in [3.8, 4) is 5.75 Å². The van der Waals surface area contributed by atoms with Crippen LogP contribution in [0.4, 0.5) is 0 Å². The quantitative estimate of drug-likeness (QED) is 0.946. The van der Waals surface area contributed by atoms with E-state index in [2.05, 4.69) is 22.3 Å². The molecular formula is C16H21N3OS. The van der Waals surface area contributed by atoms with Crippen LogP contribution in [0.5, 0.6) is 5.75 Å². The first-order chi connectivity index (χ1) is 10.3. The van der Waals surface area contributed by atoms with Crippen LogP contribution in [0.15, 0.2) is 18.2 Å². The van der Waals surface area contributed by atoms with Gasteiger partial charge in [0.2, 0.25) is 0 Å². The van der Waals surface area contributed by atoms with Crippen molar-refractivity contribution in [2.24, 2.45) is 0 Å². The summed E-state index contributed by atoms with van der Waals surface area (Å²) in [6.45, 7) is 3.33. The maximum absolute atomic E-state index is 5.29. The highest BCUT2D eigenvalue weighted by atomic mass is 32.1. The van der Waals surface area contributed by atoms with Gasteiger partial charge in [0.05, 0.1) is 23.9 Å². The van der Waals surface area contributed by atoms with E-state index in [1.54, 1.807) is 18.4 Å². The first-order valence-electron chi connectivity index (χ1n) is 7.72. The molecule has 0 spiro atoms. The molecule has 2 aromatic rings. The Morgan fingerprint density at radius 3 is 3.14 bits per heavy atom. The molecule has 0 saturated carbocycles. The Bertz CT molecular complexity index is 641. The fraction of sp³-hybridized carbons (Fsp3) is 0.562. The summed E-state index contributed by atoms with van der Waals surface area (Å²) in [5, 5.41) is 4.95. The number of hydrogen-bond donors (Lipinski definition) is 1. The summed E-state index contributed by atoms with van der Waals surface area (Å²) in [7, 11) is 1.71. The number of methoxy groups -OCH3 is 1. The highest BCUT2D eigenvalue weighted by Crippen LogP contribution is 2.28. The number of benzene rings is 1. The van der Waals surface area contributed by atoms with Gasteiger partial charge >= 0.3 is 0 Å². The molecule has 3 heterocycles. The molecule has 1 aromatic heterocycles. The van der Waals surface area contributed by atoms with E-state index in [-0.39, 0.29) is 0 Å². The van der Waals surface area contributed by atoms with Gasteiger partial charge in [-0.3, -0.25) is 4.90 Å². The summed E-state index contributed by atoms with van der Waals surface area (Å²) in [4.78, 5) is 7.34. The molecule has 4 rings (SSSR count). The lowest BCUT2D eigenvalue weighted by Gasteiger charge is -2.22. The molecule has 4 nitrogen and oxygen atoms in total. The number of aromatic nitrogens is 1. The zero-order valence-electron chi connectivity index (χ0n) is 12.3. The summed E-state index contributed by atoms with van der Waals surface area (Å²) >= 11 is 1.79. The van der Waals surface area contributed by atoms with E-state index in [1.807, 2.05) is 6.07 Å². The summed E-state index contributed by atoms with van der Waals surface area (Å²) in [5.41, 5.74) is 1.09. The molecule has 2 bridgehead atoms. The van der Waals surface area contributed by atoms with E-state index in [4.69, 9.17) is 9.72 Å². The van der Waals surface area contributed by atoms with E-state index in [0.29, 0.717) is 6.04 Å². The second-order valence-electron chi connectivity index (χ2n) is 6.10. The molecule has 2 unspecified atom stereocenters. The highest BCUT2D eigenvalue weighted by Gasteiger charge is 2.29. The Morgan fingerprint density at radius 2 is 2.24 bits per heavy atom. The molecule has 0 radical (unpaired) electrons. The molecular weight excluding hydrogens is 282 g/mol. The minimum atomic E-state index is 0.687. The standard InChI is InChI=1S/C16H21N3OS/c1-20-13-4-5-14-15(8-13)21-16(18-14)10-19-7-6-11-2-3-12(9-19)17-11/h4-5,8,11-12,17H,2-3,6-7,9-10H2,1H3. The van der Waals surface area contributed by atoms with Gasteiger partial charge < -0.3 is 10.1 Å². The predicted octanol–water partition coefficient (Wildman–Crippen LogP) is 2.63. The maximum atomic E-state index is 5.29. The van der Waals surface area contributed by atoms with Gasteiger partial charge in [-0.25, -0.2) is 4.98 Å². The van der Waals surface area contributed by atoms with Gasteiger partial charge in [0.15, 0.2) is 0 Å². The topological polar surface area (TPSA) is 37.4 Å². The van der Waals surface area contributed by atoms with Gasteiger partial charge in [-0.05, 0) is 37.5 Å². The first-order valence-corrected chi connectivity index (χ1v) is 8.53. The fourth-order valence-corrected chi connectivity index (χ4v) is 4.54. The van der Waals surface area contributed by atoms with E-state index < -0.39 is 0 Å². The molecule has 2 fully saturated rings. The first kappa shape index (κ1) is 13.5. The Labute approximate surface area is 129 Å². The Balaban J connectivity index is 1.51. The number of hydrogen-bond acceptors (Lipinski definition) is 5. The average Bonchev–Trinajstić information content (AvgIpc) is 3.03. The molecule has 2 aliphatic rings. The second-order valence-corrected chi connectivity index (χ2v) is 7.22. The van der Waals surface area contributed by atoms with Crippen molar-refractivity contribution in [1.82, 2.24) is 15.2 Å². The molecule has 2 saturated heterocycles. The number of rotatable bonds is 3. The van der Waals surface area contributed by atoms with E-state index in [9.17, 15) is 0 Å². The maximum Gasteiger partial charge on any atom is 0.120 e. The lowest BCUT2D eigenvalue weighted by atomic mass is 10.1. The zero-order valence-corrected chi connectivity index (χ0v) is 13.2. The van der Waals surface area contributed by atoms with Crippen LogP contribution in [0.3, 0.4) is 0 Å². The molecule has 1 aromatic carbocycles.